The first-order chi connectivity index (χ1) is 14.0. The highest BCUT2D eigenvalue weighted by Gasteiger charge is 2.15. The summed E-state index contributed by atoms with van der Waals surface area (Å²) in [6.07, 6.45) is 0.250. The number of H-pyrrole nitrogens is 1. The van der Waals surface area contributed by atoms with Crippen molar-refractivity contribution in [3.05, 3.63) is 53.6 Å². The number of fused-ring (bicyclic) bond motifs is 1. The number of amides is 2. The smallest absolute Gasteiger partial charge is 0.253 e. The maximum absolute atomic E-state index is 11.7. The summed E-state index contributed by atoms with van der Waals surface area (Å²) < 4.78 is 5.05. The predicted molar refractivity (Wildman–Crippen MR) is 116 cm³/mol. The Morgan fingerprint density at radius 1 is 1.21 bits per heavy atom. The highest BCUT2D eigenvalue weighted by molar-refractivity contribution is 6.11. The lowest BCUT2D eigenvalue weighted by molar-refractivity contribution is -0.106. The molecule has 0 bridgehead atoms. The number of methoxy groups -OCH3 is 1. The summed E-state index contributed by atoms with van der Waals surface area (Å²) >= 11 is 0. The summed E-state index contributed by atoms with van der Waals surface area (Å²) in [4.78, 5) is 23.6. The van der Waals surface area contributed by atoms with Gasteiger partial charge in [-0.3, -0.25) is 9.59 Å². The highest BCUT2D eigenvalue weighted by atomic mass is 16.5. The number of aromatic amines is 1. The van der Waals surface area contributed by atoms with Crippen LogP contribution in [0.2, 0.25) is 0 Å². The average molecular weight is 397 g/mol. The number of ether oxygens (including phenoxy) is 1. The zero-order chi connectivity index (χ0) is 21.2. The summed E-state index contributed by atoms with van der Waals surface area (Å²) in [6, 6.07) is 14.4. The quantitative estimate of drug-likeness (QED) is 0.292. The minimum atomic E-state index is -0.447. The lowest BCUT2D eigenvalue weighted by atomic mass is 10.0. The van der Waals surface area contributed by atoms with Crippen molar-refractivity contribution in [3.63, 3.8) is 0 Å². The topological polar surface area (TPSA) is 135 Å². The fourth-order valence-electron chi connectivity index (χ4n) is 3.09. The van der Waals surface area contributed by atoms with Gasteiger partial charge in [0, 0.05) is 38.1 Å². The predicted octanol–water partition coefficient (Wildman–Crippen LogP) is 1.81. The van der Waals surface area contributed by atoms with Gasteiger partial charge in [-0.05, 0) is 28.8 Å². The number of primary amides is 2. The maximum Gasteiger partial charge on any atom is 0.253 e. The van der Waals surface area contributed by atoms with Crippen molar-refractivity contribution in [1.82, 2.24) is 10.3 Å². The van der Waals surface area contributed by atoms with Crippen LogP contribution in [-0.4, -0.2) is 44.6 Å². The Bertz CT molecular complexity index is 968. The SMILES string of the molecule is CNc1[nH]c2cc(-c3cccc(CNCCOC)c3)ccc2c1C(N)=O.NC=O. The molecular weight excluding hydrogens is 370 g/mol. The van der Waals surface area contributed by atoms with E-state index in [4.69, 9.17) is 15.3 Å². The van der Waals surface area contributed by atoms with E-state index >= 15 is 0 Å². The van der Waals surface area contributed by atoms with Gasteiger partial charge in [-0.2, -0.15) is 0 Å². The third kappa shape index (κ3) is 5.56. The van der Waals surface area contributed by atoms with Crippen LogP contribution >= 0.6 is 0 Å². The van der Waals surface area contributed by atoms with Gasteiger partial charge in [0.05, 0.1) is 12.2 Å². The second-order valence-corrected chi connectivity index (χ2v) is 6.26. The summed E-state index contributed by atoms with van der Waals surface area (Å²) in [7, 11) is 3.46. The normalized spacial score (nSPS) is 10.3. The molecule has 0 fully saturated rings. The zero-order valence-corrected chi connectivity index (χ0v) is 16.6. The molecule has 0 aliphatic rings. The van der Waals surface area contributed by atoms with Crippen LogP contribution in [0, 0.1) is 0 Å². The molecule has 29 heavy (non-hydrogen) atoms. The monoisotopic (exact) mass is 397 g/mol. The van der Waals surface area contributed by atoms with Crippen LogP contribution in [0.25, 0.3) is 22.0 Å². The minimum Gasteiger partial charge on any atom is -0.383 e. The van der Waals surface area contributed by atoms with Crippen molar-refractivity contribution < 1.29 is 14.3 Å². The number of carbonyl (C=O) groups excluding carboxylic acids is 2. The lowest BCUT2D eigenvalue weighted by Crippen LogP contribution is -2.18. The molecule has 0 aliphatic carbocycles. The van der Waals surface area contributed by atoms with Gasteiger partial charge in [0.2, 0.25) is 6.41 Å². The maximum atomic E-state index is 11.7. The molecular formula is C21H27N5O3. The molecule has 0 saturated heterocycles. The molecule has 2 aromatic carbocycles. The summed E-state index contributed by atoms with van der Waals surface area (Å²) in [5.41, 5.74) is 14.5. The number of hydrogen-bond acceptors (Lipinski definition) is 5. The molecule has 1 heterocycles. The van der Waals surface area contributed by atoms with Gasteiger partial charge in [-0.15, -0.1) is 0 Å². The lowest BCUT2D eigenvalue weighted by Gasteiger charge is -2.07. The molecule has 7 N–H and O–H groups in total. The number of benzene rings is 2. The fourth-order valence-corrected chi connectivity index (χ4v) is 3.09. The van der Waals surface area contributed by atoms with Crippen molar-refractivity contribution in [2.45, 2.75) is 6.54 Å². The van der Waals surface area contributed by atoms with Crippen molar-refractivity contribution >= 4 is 29.0 Å². The van der Waals surface area contributed by atoms with Gasteiger partial charge in [0.25, 0.3) is 5.91 Å². The molecule has 0 atom stereocenters. The van der Waals surface area contributed by atoms with Crippen LogP contribution in [0.4, 0.5) is 5.82 Å². The number of rotatable bonds is 8. The fraction of sp³-hybridized carbons (Fsp3) is 0.238. The first kappa shape index (κ1) is 21.9. The summed E-state index contributed by atoms with van der Waals surface area (Å²) in [5.74, 6) is 0.193. The second-order valence-electron chi connectivity index (χ2n) is 6.26. The van der Waals surface area contributed by atoms with Crippen molar-refractivity contribution in [2.75, 3.05) is 32.6 Å². The third-order valence-corrected chi connectivity index (χ3v) is 4.37. The molecule has 8 heteroatoms. The van der Waals surface area contributed by atoms with E-state index in [0.29, 0.717) is 18.0 Å². The van der Waals surface area contributed by atoms with E-state index in [0.717, 1.165) is 35.1 Å². The average Bonchev–Trinajstić information content (AvgIpc) is 3.10. The zero-order valence-electron chi connectivity index (χ0n) is 16.6. The minimum absolute atomic E-state index is 0.250. The van der Waals surface area contributed by atoms with Crippen LogP contribution in [-0.2, 0) is 16.1 Å². The summed E-state index contributed by atoms with van der Waals surface area (Å²) in [6.45, 7) is 2.30. The number of hydrogen-bond donors (Lipinski definition) is 5. The van der Waals surface area contributed by atoms with Gasteiger partial charge in [-0.1, -0.05) is 30.3 Å². The Hall–Kier alpha value is -3.36. The summed E-state index contributed by atoms with van der Waals surface area (Å²) in [5, 5.41) is 7.17. The Labute approximate surface area is 169 Å². The van der Waals surface area contributed by atoms with Crippen molar-refractivity contribution in [2.24, 2.45) is 11.5 Å². The largest absolute Gasteiger partial charge is 0.383 e. The van der Waals surface area contributed by atoms with E-state index < -0.39 is 5.91 Å². The van der Waals surface area contributed by atoms with E-state index in [1.165, 1.54) is 5.56 Å². The van der Waals surface area contributed by atoms with Crippen molar-refractivity contribution in [3.8, 4) is 11.1 Å². The number of carbonyl (C=O) groups is 2. The molecule has 0 spiro atoms. The Kier molecular flexibility index (Phi) is 8.20. The first-order valence-electron chi connectivity index (χ1n) is 9.13. The second kappa shape index (κ2) is 10.8. The third-order valence-electron chi connectivity index (χ3n) is 4.37. The number of aromatic nitrogens is 1. The van der Waals surface area contributed by atoms with E-state index in [-0.39, 0.29) is 6.41 Å². The molecule has 0 aliphatic heterocycles. The van der Waals surface area contributed by atoms with Gasteiger partial charge in [-0.25, -0.2) is 0 Å². The van der Waals surface area contributed by atoms with Gasteiger partial charge in [0.1, 0.15) is 5.82 Å². The van der Waals surface area contributed by atoms with Crippen LogP contribution < -0.4 is 22.1 Å². The van der Waals surface area contributed by atoms with Crippen LogP contribution in [0.1, 0.15) is 15.9 Å². The van der Waals surface area contributed by atoms with Crippen LogP contribution in [0.3, 0.4) is 0 Å². The van der Waals surface area contributed by atoms with Crippen LogP contribution in [0.15, 0.2) is 42.5 Å². The molecule has 0 unspecified atom stereocenters. The Morgan fingerprint density at radius 2 is 1.93 bits per heavy atom. The molecule has 3 aromatic rings. The number of nitrogens with two attached hydrogens (primary N) is 2. The van der Waals surface area contributed by atoms with Crippen molar-refractivity contribution in [1.29, 1.82) is 0 Å². The molecule has 8 nitrogen and oxygen atoms in total. The Balaban J connectivity index is 0.000000941. The van der Waals surface area contributed by atoms with E-state index in [2.05, 4.69) is 45.6 Å². The number of nitrogens with one attached hydrogen (secondary N) is 3. The highest BCUT2D eigenvalue weighted by Crippen LogP contribution is 2.30. The van der Waals surface area contributed by atoms with Crippen LogP contribution in [0.5, 0.6) is 0 Å². The van der Waals surface area contributed by atoms with E-state index in [1.807, 2.05) is 18.2 Å². The Morgan fingerprint density at radius 3 is 2.59 bits per heavy atom. The molecule has 154 valence electrons. The molecule has 3 rings (SSSR count). The van der Waals surface area contributed by atoms with Gasteiger partial charge < -0.3 is 31.8 Å². The number of anilines is 1. The van der Waals surface area contributed by atoms with Gasteiger partial charge >= 0.3 is 0 Å². The van der Waals surface area contributed by atoms with E-state index in [9.17, 15) is 4.79 Å². The molecule has 2 amide bonds. The first-order valence-corrected chi connectivity index (χ1v) is 9.13. The molecule has 0 radical (unpaired) electrons. The molecule has 0 saturated carbocycles. The standard InChI is InChI=1S/C20H24N4O2.CH3NO/c1-22-20-18(19(21)25)16-7-6-15(11-17(16)24-20)14-5-3-4-13(10-14)12-23-8-9-26-2;2-1-3/h3-7,10-11,22-24H,8-9,12H2,1-2H3,(H2,21,25);1H,(H2,2,3). The molecule has 1 aromatic heterocycles. The van der Waals surface area contributed by atoms with E-state index in [1.54, 1.807) is 14.2 Å². The van der Waals surface area contributed by atoms with Gasteiger partial charge in [0.15, 0.2) is 0 Å².